The largest absolute Gasteiger partial charge is 0.480 e. The highest BCUT2D eigenvalue weighted by Crippen LogP contribution is 2.08. The first-order valence-corrected chi connectivity index (χ1v) is 9.46. The molecule has 0 aromatic heterocycles. The fraction of sp³-hybridized carbons (Fsp3) is 0.824. The van der Waals surface area contributed by atoms with Crippen LogP contribution in [0.5, 0.6) is 0 Å². The molecule has 8 N–H and O–H groups in total. The van der Waals surface area contributed by atoms with Gasteiger partial charge in [-0.3, -0.25) is 9.59 Å². The van der Waals surface area contributed by atoms with Crippen molar-refractivity contribution < 1.29 is 19.5 Å². The van der Waals surface area contributed by atoms with E-state index in [4.69, 9.17) is 11.5 Å². The maximum Gasteiger partial charge on any atom is 0.326 e. The quantitative estimate of drug-likeness (QED) is 0.208. The number of nitrogens with one attached hydrogen (secondary N) is 3. The SMILES string of the molecule is Br.NCCCC[C@H](NC(=O)[C@H](CCCCN)NC(=O)[C@@H]1CCCN1)C(=O)O. The van der Waals surface area contributed by atoms with Crippen LogP contribution in [0.3, 0.4) is 0 Å². The van der Waals surface area contributed by atoms with Crippen LogP contribution < -0.4 is 27.4 Å². The number of carboxylic acid groups (broad SMARTS) is 1. The van der Waals surface area contributed by atoms with E-state index in [0.29, 0.717) is 45.2 Å². The van der Waals surface area contributed by atoms with E-state index in [9.17, 15) is 19.5 Å². The molecule has 1 saturated heterocycles. The maximum absolute atomic E-state index is 12.6. The summed E-state index contributed by atoms with van der Waals surface area (Å²) in [5.74, 6) is -1.77. The molecule has 10 heteroatoms. The Morgan fingerprint density at radius 2 is 1.59 bits per heavy atom. The molecule has 1 rings (SSSR count). The lowest BCUT2D eigenvalue weighted by molar-refractivity contribution is -0.142. The monoisotopic (exact) mass is 451 g/mol. The predicted molar refractivity (Wildman–Crippen MR) is 109 cm³/mol. The molecular formula is C17H34BrN5O4. The highest BCUT2D eigenvalue weighted by atomic mass is 79.9. The lowest BCUT2D eigenvalue weighted by Crippen LogP contribution is -2.54. The van der Waals surface area contributed by atoms with Gasteiger partial charge in [0.1, 0.15) is 12.1 Å². The fourth-order valence-corrected chi connectivity index (χ4v) is 2.96. The van der Waals surface area contributed by atoms with Crippen LogP contribution in [-0.2, 0) is 14.4 Å². The lowest BCUT2D eigenvalue weighted by atomic mass is 10.1. The molecule has 1 fully saturated rings. The smallest absolute Gasteiger partial charge is 0.326 e. The van der Waals surface area contributed by atoms with Crippen LogP contribution in [0.25, 0.3) is 0 Å². The van der Waals surface area contributed by atoms with E-state index < -0.39 is 24.0 Å². The molecule has 0 aliphatic carbocycles. The Labute approximate surface area is 171 Å². The van der Waals surface area contributed by atoms with Crippen LogP contribution in [0.15, 0.2) is 0 Å². The Hall–Kier alpha value is -1.23. The first-order chi connectivity index (χ1) is 12.5. The van der Waals surface area contributed by atoms with Crippen LogP contribution in [0.4, 0.5) is 0 Å². The summed E-state index contributed by atoms with van der Waals surface area (Å²) in [6.45, 7) is 1.76. The number of aliphatic carboxylic acids is 1. The highest BCUT2D eigenvalue weighted by molar-refractivity contribution is 8.93. The van der Waals surface area contributed by atoms with Crippen LogP contribution in [0.1, 0.15) is 51.4 Å². The number of carbonyl (C=O) groups is 3. The number of carbonyl (C=O) groups excluding carboxylic acids is 2. The predicted octanol–water partition coefficient (Wildman–Crippen LogP) is -0.371. The van der Waals surface area contributed by atoms with Crippen molar-refractivity contribution in [3.63, 3.8) is 0 Å². The van der Waals surface area contributed by atoms with Gasteiger partial charge in [-0.25, -0.2) is 4.79 Å². The van der Waals surface area contributed by atoms with Gasteiger partial charge in [0.15, 0.2) is 0 Å². The lowest BCUT2D eigenvalue weighted by Gasteiger charge is -2.23. The normalized spacial score (nSPS) is 18.2. The number of amides is 2. The summed E-state index contributed by atoms with van der Waals surface area (Å²) in [6.07, 6.45) is 5.12. The van der Waals surface area contributed by atoms with Crippen molar-refractivity contribution >= 4 is 34.8 Å². The van der Waals surface area contributed by atoms with Crippen molar-refractivity contribution in [1.82, 2.24) is 16.0 Å². The second-order valence-electron chi connectivity index (χ2n) is 6.68. The van der Waals surface area contributed by atoms with Gasteiger partial charge < -0.3 is 32.5 Å². The minimum Gasteiger partial charge on any atom is -0.480 e. The van der Waals surface area contributed by atoms with E-state index in [2.05, 4.69) is 16.0 Å². The highest BCUT2D eigenvalue weighted by Gasteiger charge is 2.29. The van der Waals surface area contributed by atoms with E-state index in [1.54, 1.807) is 0 Å². The van der Waals surface area contributed by atoms with Crippen LogP contribution in [0, 0.1) is 0 Å². The van der Waals surface area contributed by atoms with Crippen molar-refractivity contribution in [3.8, 4) is 0 Å². The third-order valence-corrected chi connectivity index (χ3v) is 4.52. The molecule has 27 heavy (non-hydrogen) atoms. The molecule has 0 unspecified atom stereocenters. The molecule has 158 valence electrons. The van der Waals surface area contributed by atoms with E-state index in [0.717, 1.165) is 25.8 Å². The van der Waals surface area contributed by atoms with Gasteiger partial charge in [0.2, 0.25) is 11.8 Å². The Kier molecular flexibility index (Phi) is 14.1. The van der Waals surface area contributed by atoms with E-state index in [1.165, 1.54) is 0 Å². The first kappa shape index (κ1) is 25.8. The fourth-order valence-electron chi connectivity index (χ4n) is 2.96. The zero-order chi connectivity index (χ0) is 19.4. The van der Waals surface area contributed by atoms with Gasteiger partial charge >= 0.3 is 5.97 Å². The second kappa shape index (κ2) is 14.8. The summed E-state index contributed by atoms with van der Waals surface area (Å²) in [4.78, 5) is 36.3. The Morgan fingerprint density at radius 3 is 2.07 bits per heavy atom. The van der Waals surface area contributed by atoms with Crippen LogP contribution in [0.2, 0.25) is 0 Å². The van der Waals surface area contributed by atoms with Crippen molar-refractivity contribution in [2.75, 3.05) is 19.6 Å². The Morgan fingerprint density at radius 1 is 1.00 bits per heavy atom. The van der Waals surface area contributed by atoms with E-state index in [1.807, 2.05) is 0 Å². The molecule has 2 amide bonds. The maximum atomic E-state index is 12.6. The summed E-state index contributed by atoms with van der Waals surface area (Å²) >= 11 is 0. The molecule has 9 nitrogen and oxygen atoms in total. The topological polar surface area (TPSA) is 160 Å². The molecule has 1 aliphatic rings. The number of hydrogen-bond acceptors (Lipinski definition) is 6. The molecule has 0 radical (unpaired) electrons. The van der Waals surface area contributed by atoms with Gasteiger partial charge in [0, 0.05) is 0 Å². The molecule has 0 aromatic carbocycles. The molecule has 0 aromatic rings. The van der Waals surface area contributed by atoms with E-state index >= 15 is 0 Å². The van der Waals surface area contributed by atoms with Gasteiger partial charge in [-0.2, -0.15) is 0 Å². The van der Waals surface area contributed by atoms with Crippen LogP contribution in [-0.4, -0.2) is 60.6 Å². The zero-order valence-corrected chi connectivity index (χ0v) is 17.5. The van der Waals surface area contributed by atoms with Crippen molar-refractivity contribution in [2.24, 2.45) is 11.5 Å². The summed E-state index contributed by atoms with van der Waals surface area (Å²) in [6, 6.07) is -2.03. The number of rotatable bonds is 13. The molecular weight excluding hydrogens is 418 g/mol. The third kappa shape index (κ3) is 10.0. The number of carboxylic acids is 1. The molecule has 0 saturated carbocycles. The summed E-state index contributed by atoms with van der Waals surface area (Å²) < 4.78 is 0. The minimum absolute atomic E-state index is 0. The third-order valence-electron chi connectivity index (χ3n) is 4.52. The van der Waals surface area contributed by atoms with Crippen molar-refractivity contribution in [3.05, 3.63) is 0 Å². The standard InChI is InChI=1S/C17H33N5O4.BrH/c18-9-3-1-6-13(21-15(23)12-8-5-11-20-12)16(24)22-14(17(25)26)7-2-4-10-19;/h12-14,20H,1-11,18-19H2,(H,21,23)(H,22,24)(H,25,26);1H/t12-,13-,14-;/m0./s1. The van der Waals surface area contributed by atoms with E-state index in [-0.39, 0.29) is 28.9 Å². The first-order valence-electron chi connectivity index (χ1n) is 9.46. The average Bonchev–Trinajstić information content (AvgIpc) is 3.14. The summed E-state index contributed by atoms with van der Waals surface area (Å²) in [5.41, 5.74) is 10.9. The number of hydrogen-bond donors (Lipinski definition) is 6. The second-order valence-corrected chi connectivity index (χ2v) is 6.68. The van der Waals surface area contributed by atoms with Crippen LogP contribution >= 0.6 is 17.0 Å². The van der Waals surface area contributed by atoms with Crippen molar-refractivity contribution in [2.45, 2.75) is 69.5 Å². The molecule has 0 spiro atoms. The molecule has 0 bridgehead atoms. The van der Waals surface area contributed by atoms with Crippen molar-refractivity contribution in [1.29, 1.82) is 0 Å². The minimum atomic E-state index is -1.08. The zero-order valence-electron chi connectivity index (χ0n) is 15.7. The Balaban J connectivity index is 0.00000676. The summed E-state index contributed by atoms with van der Waals surface area (Å²) in [7, 11) is 0. The number of nitrogens with two attached hydrogens (primary N) is 2. The number of halogens is 1. The van der Waals surface area contributed by atoms with Gasteiger partial charge in [0.25, 0.3) is 0 Å². The molecule has 1 heterocycles. The van der Waals surface area contributed by atoms with Gasteiger partial charge in [-0.1, -0.05) is 0 Å². The molecule has 3 atom stereocenters. The summed E-state index contributed by atoms with van der Waals surface area (Å²) in [5, 5.41) is 17.7. The molecule has 1 aliphatic heterocycles. The number of unbranched alkanes of at least 4 members (excludes halogenated alkanes) is 2. The Bertz CT molecular complexity index is 461. The van der Waals surface area contributed by atoms with Gasteiger partial charge in [0.05, 0.1) is 6.04 Å². The average molecular weight is 452 g/mol. The van der Waals surface area contributed by atoms with Gasteiger partial charge in [-0.05, 0) is 71.0 Å². The van der Waals surface area contributed by atoms with Gasteiger partial charge in [-0.15, -0.1) is 17.0 Å².